The Kier molecular flexibility index (Phi) is 5.11. The molecule has 0 bridgehead atoms. The Morgan fingerprint density at radius 1 is 1.36 bits per heavy atom. The Morgan fingerprint density at radius 3 is 2.96 bits per heavy atom. The van der Waals surface area contributed by atoms with E-state index in [9.17, 15) is 15.0 Å². The SMILES string of the molecule is Cc1cc(=O)c2c(O)cc(OCc3ccco3)c(C3CCNCC3CO)c2o1. The van der Waals surface area contributed by atoms with E-state index < -0.39 is 0 Å². The quantitative estimate of drug-likeness (QED) is 0.620. The van der Waals surface area contributed by atoms with Crippen molar-refractivity contribution in [1.29, 1.82) is 0 Å². The monoisotopic (exact) mass is 385 g/mol. The van der Waals surface area contributed by atoms with Gasteiger partial charge >= 0.3 is 0 Å². The average molecular weight is 385 g/mol. The molecule has 0 aliphatic carbocycles. The summed E-state index contributed by atoms with van der Waals surface area (Å²) in [5.41, 5.74) is 0.732. The van der Waals surface area contributed by atoms with Crippen LogP contribution >= 0.6 is 0 Å². The molecule has 2 atom stereocenters. The molecule has 1 aromatic carbocycles. The van der Waals surface area contributed by atoms with E-state index >= 15 is 0 Å². The predicted octanol–water partition coefficient (Wildman–Crippen LogP) is 2.66. The zero-order valence-electron chi connectivity index (χ0n) is 15.6. The molecule has 0 radical (unpaired) electrons. The fraction of sp³-hybridized carbons (Fsp3) is 0.381. The van der Waals surface area contributed by atoms with E-state index in [-0.39, 0.29) is 41.6 Å². The Labute approximate surface area is 161 Å². The van der Waals surface area contributed by atoms with Gasteiger partial charge in [0, 0.05) is 36.8 Å². The zero-order chi connectivity index (χ0) is 19.7. The normalized spacial score (nSPS) is 19.8. The number of aliphatic hydroxyl groups is 1. The number of furan rings is 1. The third-order valence-electron chi connectivity index (χ3n) is 5.27. The van der Waals surface area contributed by atoms with Gasteiger partial charge in [-0.2, -0.15) is 0 Å². The molecule has 3 N–H and O–H groups in total. The molecule has 0 amide bonds. The Balaban J connectivity index is 1.89. The van der Waals surface area contributed by atoms with Gasteiger partial charge in [-0.1, -0.05) is 0 Å². The number of aromatic hydroxyl groups is 1. The van der Waals surface area contributed by atoms with Gasteiger partial charge in [0.15, 0.2) is 5.43 Å². The highest BCUT2D eigenvalue weighted by Crippen LogP contribution is 2.43. The van der Waals surface area contributed by atoms with Crippen LogP contribution in [0.1, 0.15) is 29.4 Å². The van der Waals surface area contributed by atoms with Gasteiger partial charge in [-0.3, -0.25) is 4.79 Å². The molecule has 2 aromatic heterocycles. The van der Waals surface area contributed by atoms with Gasteiger partial charge in [0.25, 0.3) is 0 Å². The second-order valence-electron chi connectivity index (χ2n) is 7.14. The first kappa shape index (κ1) is 18.6. The lowest BCUT2D eigenvalue weighted by Crippen LogP contribution is -2.37. The number of phenols is 1. The summed E-state index contributed by atoms with van der Waals surface area (Å²) in [4.78, 5) is 12.5. The van der Waals surface area contributed by atoms with Gasteiger partial charge in [-0.15, -0.1) is 0 Å². The van der Waals surface area contributed by atoms with Crippen molar-refractivity contribution in [3.8, 4) is 11.5 Å². The van der Waals surface area contributed by atoms with E-state index in [4.69, 9.17) is 13.6 Å². The molecule has 1 aliphatic heterocycles. The molecule has 1 fully saturated rings. The first-order chi connectivity index (χ1) is 13.6. The van der Waals surface area contributed by atoms with Crippen LogP contribution in [0.5, 0.6) is 11.5 Å². The van der Waals surface area contributed by atoms with Crippen LogP contribution < -0.4 is 15.5 Å². The second-order valence-corrected chi connectivity index (χ2v) is 7.14. The lowest BCUT2D eigenvalue weighted by atomic mass is 9.80. The topological polar surface area (TPSA) is 105 Å². The van der Waals surface area contributed by atoms with Crippen molar-refractivity contribution in [3.05, 3.63) is 57.8 Å². The Morgan fingerprint density at radius 2 is 2.21 bits per heavy atom. The largest absolute Gasteiger partial charge is 0.507 e. The minimum absolute atomic E-state index is 0.00624. The molecular weight excluding hydrogens is 362 g/mol. The summed E-state index contributed by atoms with van der Waals surface area (Å²) in [6.07, 6.45) is 2.31. The van der Waals surface area contributed by atoms with Crippen LogP contribution in [-0.4, -0.2) is 29.9 Å². The summed E-state index contributed by atoms with van der Waals surface area (Å²) < 4.78 is 17.2. The summed E-state index contributed by atoms with van der Waals surface area (Å²) in [5, 5.41) is 23.8. The van der Waals surface area contributed by atoms with E-state index in [2.05, 4.69) is 5.32 Å². The lowest BCUT2D eigenvalue weighted by molar-refractivity contribution is 0.176. The number of aryl methyl sites for hydroxylation is 1. The standard InChI is InChI=1S/C21H23NO6/c1-12-7-16(24)20-17(25)8-18(27-11-14-3-2-6-26-14)19(21(20)28-12)15-4-5-22-9-13(15)10-23/h2-3,6-8,13,15,22-23,25H,4-5,9-11H2,1H3. The van der Waals surface area contributed by atoms with E-state index in [1.807, 2.05) is 0 Å². The molecule has 148 valence electrons. The van der Waals surface area contributed by atoms with Gasteiger partial charge in [0.05, 0.1) is 6.26 Å². The van der Waals surface area contributed by atoms with Crippen molar-refractivity contribution in [2.75, 3.05) is 19.7 Å². The number of aliphatic hydroxyl groups excluding tert-OH is 1. The summed E-state index contributed by atoms with van der Waals surface area (Å²) in [7, 11) is 0. The minimum atomic E-state index is -0.301. The first-order valence-electron chi connectivity index (χ1n) is 9.35. The summed E-state index contributed by atoms with van der Waals surface area (Å²) >= 11 is 0. The number of piperidine rings is 1. The Bertz CT molecular complexity index is 1020. The molecule has 3 heterocycles. The summed E-state index contributed by atoms with van der Waals surface area (Å²) in [6.45, 7) is 3.29. The van der Waals surface area contributed by atoms with Crippen molar-refractivity contribution in [2.24, 2.45) is 5.92 Å². The van der Waals surface area contributed by atoms with Crippen molar-refractivity contribution >= 4 is 11.0 Å². The molecule has 4 rings (SSSR count). The number of nitrogens with one attached hydrogen (secondary N) is 1. The fourth-order valence-corrected chi connectivity index (χ4v) is 3.94. The number of phenolic OH excluding ortho intramolecular Hbond substituents is 1. The van der Waals surface area contributed by atoms with E-state index in [0.717, 1.165) is 13.0 Å². The van der Waals surface area contributed by atoms with Crippen molar-refractivity contribution in [1.82, 2.24) is 5.32 Å². The first-order valence-corrected chi connectivity index (χ1v) is 9.35. The summed E-state index contributed by atoms with van der Waals surface area (Å²) in [6, 6.07) is 6.39. The zero-order valence-corrected chi connectivity index (χ0v) is 15.6. The van der Waals surface area contributed by atoms with Crippen LogP contribution in [0.25, 0.3) is 11.0 Å². The highest BCUT2D eigenvalue weighted by molar-refractivity contribution is 5.88. The molecule has 0 saturated carbocycles. The fourth-order valence-electron chi connectivity index (χ4n) is 3.94. The van der Waals surface area contributed by atoms with Gasteiger partial charge in [0.2, 0.25) is 0 Å². The van der Waals surface area contributed by atoms with Crippen LogP contribution in [0.3, 0.4) is 0 Å². The maximum absolute atomic E-state index is 12.5. The van der Waals surface area contributed by atoms with Gasteiger partial charge in [0.1, 0.15) is 40.6 Å². The van der Waals surface area contributed by atoms with Crippen LogP contribution in [0.4, 0.5) is 0 Å². The molecular formula is C21H23NO6. The number of rotatable bonds is 5. The molecule has 1 aliphatic rings. The smallest absolute Gasteiger partial charge is 0.196 e. The van der Waals surface area contributed by atoms with Crippen LogP contribution in [0, 0.1) is 12.8 Å². The minimum Gasteiger partial charge on any atom is -0.507 e. The molecule has 1 saturated heterocycles. The predicted molar refractivity (Wildman–Crippen MR) is 103 cm³/mol. The van der Waals surface area contributed by atoms with Gasteiger partial charge < -0.3 is 29.1 Å². The van der Waals surface area contributed by atoms with E-state index in [1.54, 1.807) is 25.3 Å². The third kappa shape index (κ3) is 3.39. The van der Waals surface area contributed by atoms with Crippen molar-refractivity contribution < 1.29 is 23.8 Å². The lowest BCUT2D eigenvalue weighted by Gasteiger charge is -2.32. The number of hydrogen-bond donors (Lipinski definition) is 3. The average Bonchev–Trinajstić information content (AvgIpc) is 3.19. The highest BCUT2D eigenvalue weighted by atomic mass is 16.5. The van der Waals surface area contributed by atoms with Crippen LogP contribution in [0.2, 0.25) is 0 Å². The number of hydrogen-bond acceptors (Lipinski definition) is 7. The van der Waals surface area contributed by atoms with Crippen molar-refractivity contribution in [3.63, 3.8) is 0 Å². The number of fused-ring (bicyclic) bond motifs is 1. The van der Waals surface area contributed by atoms with E-state index in [1.165, 1.54) is 12.1 Å². The maximum Gasteiger partial charge on any atom is 0.196 e. The maximum atomic E-state index is 12.5. The van der Waals surface area contributed by atoms with Crippen molar-refractivity contribution in [2.45, 2.75) is 25.9 Å². The Hall–Kier alpha value is -2.77. The summed E-state index contributed by atoms with van der Waals surface area (Å²) in [5.74, 6) is 1.21. The molecule has 3 aromatic rings. The second kappa shape index (κ2) is 7.69. The third-order valence-corrected chi connectivity index (χ3v) is 5.27. The molecule has 7 nitrogen and oxygen atoms in total. The molecule has 28 heavy (non-hydrogen) atoms. The number of ether oxygens (including phenoxy) is 1. The van der Waals surface area contributed by atoms with Crippen LogP contribution in [-0.2, 0) is 6.61 Å². The highest BCUT2D eigenvalue weighted by Gasteiger charge is 2.32. The molecule has 0 spiro atoms. The van der Waals surface area contributed by atoms with Crippen LogP contribution in [0.15, 0.2) is 44.2 Å². The molecule has 2 unspecified atom stereocenters. The van der Waals surface area contributed by atoms with Gasteiger partial charge in [-0.25, -0.2) is 0 Å². The van der Waals surface area contributed by atoms with E-state index in [0.29, 0.717) is 35.0 Å². The number of benzene rings is 1. The molecule has 7 heteroatoms. The van der Waals surface area contributed by atoms with Gasteiger partial charge in [-0.05, 0) is 37.9 Å².